The van der Waals surface area contributed by atoms with E-state index in [1.807, 2.05) is 13.0 Å². The Labute approximate surface area is 114 Å². The standard InChI is InChI=1S/C15H23NO3/c1-3-6-15(14(17)18)7-4-8-16(11-15)10-13-12(2)5-9-19-13/h5,9H,3-4,6-8,10-11H2,1-2H3,(H,17,18). The lowest BCUT2D eigenvalue weighted by atomic mass is 9.76. The Kier molecular flexibility index (Phi) is 4.30. The molecule has 19 heavy (non-hydrogen) atoms. The van der Waals surface area contributed by atoms with E-state index in [1.165, 1.54) is 0 Å². The molecular weight excluding hydrogens is 242 g/mol. The zero-order valence-electron chi connectivity index (χ0n) is 11.8. The highest BCUT2D eigenvalue weighted by molar-refractivity contribution is 5.75. The van der Waals surface area contributed by atoms with Gasteiger partial charge in [-0.15, -0.1) is 0 Å². The fourth-order valence-corrected chi connectivity index (χ4v) is 3.10. The monoisotopic (exact) mass is 265 g/mol. The Morgan fingerprint density at radius 2 is 2.37 bits per heavy atom. The van der Waals surface area contributed by atoms with Gasteiger partial charge in [-0.2, -0.15) is 0 Å². The molecule has 0 aliphatic carbocycles. The summed E-state index contributed by atoms with van der Waals surface area (Å²) in [6, 6.07) is 1.95. The first kappa shape index (κ1) is 14.1. The molecule has 1 aromatic heterocycles. The molecule has 1 fully saturated rings. The molecule has 0 bridgehead atoms. The molecule has 1 aliphatic heterocycles. The number of furan rings is 1. The van der Waals surface area contributed by atoms with Crippen molar-refractivity contribution < 1.29 is 14.3 Å². The van der Waals surface area contributed by atoms with E-state index in [0.717, 1.165) is 50.1 Å². The molecule has 4 nitrogen and oxygen atoms in total. The molecular formula is C15H23NO3. The third kappa shape index (κ3) is 3.00. The Bertz CT molecular complexity index is 436. The van der Waals surface area contributed by atoms with Crippen molar-refractivity contribution in [2.45, 2.75) is 46.1 Å². The largest absolute Gasteiger partial charge is 0.481 e. The summed E-state index contributed by atoms with van der Waals surface area (Å²) >= 11 is 0. The maximum Gasteiger partial charge on any atom is 0.310 e. The summed E-state index contributed by atoms with van der Waals surface area (Å²) in [6.45, 7) is 6.40. The average Bonchev–Trinajstić information content (AvgIpc) is 2.76. The lowest BCUT2D eigenvalue weighted by Crippen LogP contribution is -2.47. The number of carboxylic acid groups (broad SMARTS) is 1. The third-order valence-electron chi connectivity index (χ3n) is 4.17. The van der Waals surface area contributed by atoms with Gasteiger partial charge >= 0.3 is 5.97 Å². The van der Waals surface area contributed by atoms with Gasteiger partial charge in [-0.1, -0.05) is 13.3 Å². The summed E-state index contributed by atoms with van der Waals surface area (Å²) in [7, 11) is 0. The summed E-state index contributed by atoms with van der Waals surface area (Å²) in [5, 5.41) is 9.57. The van der Waals surface area contributed by atoms with Gasteiger partial charge in [0, 0.05) is 6.54 Å². The highest BCUT2D eigenvalue weighted by atomic mass is 16.4. The molecule has 1 aromatic rings. The average molecular weight is 265 g/mol. The van der Waals surface area contributed by atoms with Crippen LogP contribution in [0.2, 0.25) is 0 Å². The Morgan fingerprint density at radius 3 is 2.95 bits per heavy atom. The van der Waals surface area contributed by atoms with Crippen LogP contribution in [-0.2, 0) is 11.3 Å². The summed E-state index contributed by atoms with van der Waals surface area (Å²) in [4.78, 5) is 13.9. The van der Waals surface area contributed by atoms with Crippen LogP contribution in [0.15, 0.2) is 16.7 Å². The summed E-state index contributed by atoms with van der Waals surface area (Å²) < 4.78 is 5.47. The quantitative estimate of drug-likeness (QED) is 0.889. The van der Waals surface area contributed by atoms with E-state index >= 15 is 0 Å². The van der Waals surface area contributed by atoms with E-state index in [2.05, 4.69) is 11.8 Å². The molecule has 1 aliphatic rings. The summed E-state index contributed by atoms with van der Waals surface area (Å²) in [5.74, 6) is 0.313. The second-order valence-electron chi connectivity index (χ2n) is 5.68. The first-order valence-corrected chi connectivity index (χ1v) is 7.06. The molecule has 0 saturated carbocycles. The molecule has 2 heterocycles. The van der Waals surface area contributed by atoms with E-state index in [9.17, 15) is 9.90 Å². The highest BCUT2D eigenvalue weighted by Gasteiger charge is 2.41. The van der Waals surface area contributed by atoms with Crippen LogP contribution in [0.4, 0.5) is 0 Å². The van der Waals surface area contributed by atoms with Crippen molar-refractivity contribution in [3.05, 3.63) is 23.7 Å². The van der Waals surface area contributed by atoms with Gasteiger partial charge in [0.15, 0.2) is 0 Å². The molecule has 1 atom stereocenters. The molecule has 106 valence electrons. The van der Waals surface area contributed by atoms with E-state index in [4.69, 9.17) is 4.42 Å². The number of nitrogens with zero attached hydrogens (tertiary/aromatic N) is 1. The van der Waals surface area contributed by atoms with Gasteiger partial charge in [-0.05, 0) is 44.4 Å². The van der Waals surface area contributed by atoms with Gasteiger partial charge < -0.3 is 9.52 Å². The minimum absolute atomic E-state index is 0.562. The number of rotatable bonds is 5. The van der Waals surface area contributed by atoms with Gasteiger partial charge in [-0.3, -0.25) is 9.69 Å². The zero-order valence-corrected chi connectivity index (χ0v) is 11.8. The van der Waals surface area contributed by atoms with E-state index < -0.39 is 11.4 Å². The smallest absolute Gasteiger partial charge is 0.310 e. The van der Waals surface area contributed by atoms with Gasteiger partial charge in [0.2, 0.25) is 0 Å². The third-order valence-corrected chi connectivity index (χ3v) is 4.17. The second-order valence-corrected chi connectivity index (χ2v) is 5.68. The van der Waals surface area contributed by atoms with Gasteiger partial charge in [0.05, 0.1) is 18.2 Å². The highest BCUT2D eigenvalue weighted by Crippen LogP contribution is 2.35. The fraction of sp³-hybridized carbons (Fsp3) is 0.667. The maximum absolute atomic E-state index is 11.6. The molecule has 1 N–H and O–H groups in total. The molecule has 2 rings (SSSR count). The van der Waals surface area contributed by atoms with E-state index in [0.29, 0.717) is 6.54 Å². The van der Waals surface area contributed by atoms with Crippen molar-refractivity contribution >= 4 is 5.97 Å². The molecule has 4 heteroatoms. The number of aliphatic carboxylic acids is 1. The molecule has 1 unspecified atom stereocenters. The van der Waals surface area contributed by atoms with Crippen molar-refractivity contribution in [2.75, 3.05) is 13.1 Å². The predicted molar refractivity (Wildman–Crippen MR) is 72.9 cm³/mol. The molecule has 1 saturated heterocycles. The van der Waals surface area contributed by atoms with Crippen molar-refractivity contribution in [1.82, 2.24) is 4.90 Å². The SMILES string of the molecule is CCCC1(C(=O)O)CCCN(Cc2occc2C)C1. The van der Waals surface area contributed by atoms with E-state index in [-0.39, 0.29) is 0 Å². The number of piperidine rings is 1. The molecule has 0 radical (unpaired) electrons. The van der Waals surface area contributed by atoms with Gasteiger partial charge in [0.25, 0.3) is 0 Å². The minimum Gasteiger partial charge on any atom is -0.481 e. The topological polar surface area (TPSA) is 53.7 Å². The van der Waals surface area contributed by atoms with E-state index in [1.54, 1.807) is 6.26 Å². The number of likely N-dealkylation sites (tertiary alicyclic amines) is 1. The van der Waals surface area contributed by atoms with Gasteiger partial charge in [0.1, 0.15) is 5.76 Å². The molecule has 0 aromatic carbocycles. The normalized spacial score (nSPS) is 24.5. The molecule has 0 spiro atoms. The first-order valence-electron chi connectivity index (χ1n) is 7.06. The Balaban J connectivity index is 2.07. The second kappa shape index (κ2) is 5.78. The summed E-state index contributed by atoms with van der Waals surface area (Å²) in [6.07, 6.45) is 5.12. The van der Waals surface area contributed by atoms with Crippen molar-refractivity contribution in [3.63, 3.8) is 0 Å². The van der Waals surface area contributed by atoms with Crippen LogP contribution < -0.4 is 0 Å². The zero-order chi connectivity index (χ0) is 13.9. The number of carbonyl (C=O) groups is 1. The van der Waals surface area contributed by atoms with Crippen molar-refractivity contribution in [3.8, 4) is 0 Å². The minimum atomic E-state index is -0.643. The lowest BCUT2D eigenvalue weighted by Gasteiger charge is -2.39. The maximum atomic E-state index is 11.6. The fourth-order valence-electron chi connectivity index (χ4n) is 3.10. The predicted octanol–water partition coefficient (Wildman–Crippen LogP) is 3.05. The Hall–Kier alpha value is -1.29. The van der Waals surface area contributed by atoms with Crippen LogP contribution in [0.3, 0.4) is 0 Å². The number of aryl methyl sites for hydroxylation is 1. The lowest BCUT2D eigenvalue weighted by molar-refractivity contribution is -0.153. The number of carboxylic acids is 1. The summed E-state index contributed by atoms with van der Waals surface area (Å²) in [5.41, 5.74) is 0.579. The van der Waals surface area contributed by atoms with Crippen LogP contribution in [0.1, 0.15) is 43.9 Å². The van der Waals surface area contributed by atoms with Crippen LogP contribution >= 0.6 is 0 Å². The number of hydrogen-bond donors (Lipinski definition) is 1. The number of hydrogen-bond acceptors (Lipinski definition) is 3. The van der Waals surface area contributed by atoms with Crippen molar-refractivity contribution in [1.29, 1.82) is 0 Å². The van der Waals surface area contributed by atoms with Crippen LogP contribution in [0, 0.1) is 12.3 Å². The molecule has 0 amide bonds. The van der Waals surface area contributed by atoms with Gasteiger partial charge in [-0.25, -0.2) is 0 Å². The van der Waals surface area contributed by atoms with Crippen LogP contribution in [0.5, 0.6) is 0 Å². The Morgan fingerprint density at radius 1 is 1.58 bits per heavy atom. The van der Waals surface area contributed by atoms with Crippen LogP contribution in [-0.4, -0.2) is 29.1 Å². The van der Waals surface area contributed by atoms with Crippen molar-refractivity contribution in [2.24, 2.45) is 5.41 Å². The van der Waals surface area contributed by atoms with Crippen LogP contribution in [0.25, 0.3) is 0 Å². The first-order chi connectivity index (χ1) is 9.07.